The number of anilines is 1. The van der Waals surface area contributed by atoms with E-state index in [1.54, 1.807) is 18.3 Å². The Hall–Kier alpha value is -1.62. The van der Waals surface area contributed by atoms with Gasteiger partial charge in [-0.25, -0.2) is 9.78 Å². The molecule has 0 saturated carbocycles. The second-order valence-corrected chi connectivity index (χ2v) is 5.25. The van der Waals surface area contributed by atoms with Crippen LogP contribution in [-0.2, 0) is 4.74 Å². The first-order valence-electron chi connectivity index (χ1n) is 7.23. The van der Waals surface area contributed by atoms with Gasteiger partial charge in [-0.3, -0.25) is 4.90 Å². The summed E-state index contributed by atoms with van der Waals surface area (Å²) in [5.74, 6) is 0.385. The highest BCUT2D eigenvalue weighted by Crippen LogP contribution is 2.13. The lowest BCUT2D eigenvalue weighted by atomic mass is 10.1. The van der Waals surface area contributed by atoms with Crippen LogP contribution in [-0.4, -0.2) is 48.6 Å². The SMILES string of the molecule is COC(=O)c1ccnc(NCC(C)N2CCCCC2)c1. The molecule has 0 aromatic carbocycles. The number of nitrogens with one attached hydrogen (secondary N) is 1. The summed E-state index contributed by atoms with van der Waals surface area (Å²) < 4.78 is 4.71. The second kappa shape index (κ2) is 7.24. The van der Waals surface area contributed by atoms with Crippen LogP contribution < -0.4 is 5.32 Å². The van der Waals surface area contributed by atoms with Gasteiger partial charge in [0.25, 0.3) is 0 Å². The Balaban J connectivity index is 1.88. The Kier molecular flexibility index (Phi) is 5.35. The average molecular weight is 277 g/mol. The van der Waals surface area contributed by atoms with Crippen molar-refractivity contribution in [2.45, 2.75) is 32.2 Å². The van der Waals surface area contributed by atoms with Gasteiger partial charge in [-0.05, 0) is 45.0 Å². The minimum absolute atomic E-state index is 0.334. The predicted molar refractivity (Wildman–Crippen MR) is 79.0 cm³/mol. The molecule has 1 aliphatic heterocycles. The molecule has 5 heteroatoms. The number of methoxy groups -OCH3 is 1. The van der Waals surface area contributed by atoms with E-state index in [-0.39, 0.29) is 5.97 Å². The van der Waals surface area contributed by atoms with Crippen LogP contribution in [0.3, 0.4) is 0 Å². The van der Waals surface area contributed by atoms with E-state index in [2.05, 4.69) is 22.1 Å². The molecule has 0 aliphatic carbocycles. The minimum atomic E-state index is -0.334. The zero-order chi connectivity index (χ0) is 14.4. The van der Waals surface area contributed by atoms with Gasteiger partial charge in [-0.15, -0.1) is 0 Å². The third-order valence-electron chi connectivity index (χ3n) is 3.77. The maximum Gasteiger partial charge on any atom is 0.338 e. The Morgan fingerprint density at radius 1 is 1.45 bits per heavy atom. The van der Waals surface area contributed by atoms with Crippen LogP contribution in [0.4, 0.5) is 5.82 Å². The van der Waals surface area contributed by atoms with Crippen molar-refractivity contribution >= 4 is 11.8 Å². The van der Waals surface area contributed by atoms with E-state index in [1.807, 2.05) is 0 Å². The Bertz CT molecular complexity index is 444. The number of likely N-dealkylation sites (tertiary alicyclic amines) is 1. The van der Waals surface area contributed by atoms with Crippen LogP contribution in [0.1, 0.15) is 36.5 Å². The van der Waals surface area contributed by atoms with E-state index in [4.69, 9.17) is 4.74 Å². The molecule has 2 heterocycles. The molecule has 1 saturated heterocycles. The van der Waals surface area contributed by atoms with E-state index < -0.39 is 0 Å². The molecule has 1 aromatic heterocycles. The van der Waals surface area contributed by atoms with Crippen molar-refractivity contribution in [2.75, 3.05) is 32.1 Å². The maximum absolute atomic E-state index is 11.5. The van der Waals surface area contributed by atoms with Crippen LogP contribution in [0.2, 0.25) is 0 Å². The zero-order valence-corrected chi connectivity index (χ0v) is 12.3. The van der Waals surface area contributed by atoms with Gasteiger partial charge in [0, 0.05) is 18.8 Å². The molecular weight excluding hydrogens is 254 g/mol. The molecule has 1 aliphatic rings. The third kappa shape index (κ3) is 3.93. The van der Waals surface area contributed by atoms with Gasteiger partial charge >= 0.3 is 5.97 Å². The number of hydrogen-bond donors (Lipinski definition) is 1. The summed E-state index contributed by atoms with van der Waals surface area (Å²) in [6.45, 7) is 5.41. The van der Waals surface area contributed by atoms with Crippen LogP contribution in [0.15, 0.2) is 18.3 Å². The van der Waals surface area contributed by atoms with Gasteiger partial charge in [0.15, 0.2) is 0 Å². The fourth-order valence-electron chi connectivity index (χ4n) is 2.51. The molecular formula is C15H23N3O2. The maximum atomic E-state index is 11.5. The number of piperidine rings is 1. The Labute approximate surface area is 120 Å². The molecule has 2 rings (SSSR count). The summed E-state index contributed by atoms with van der Waals surface area (Å²) in [5.41, 5.74) is 0.524. The van der Waals surface area contributed by atoms with Gasteiger partial charge in [0.2, 0.25) is 0 Å². The lowest BCUT2D eigenvalue weighted by Gasteiger charge is -2.32. The van der Waals surface area contributed by atoms with Crippen LogP contribution >= 0.6 is 0 Å². The topological polar surface area (TPSA) is 54.5 Å². The quantitative estimate of drug-likeness (QED) is 0.836. The van der Waals surface area contributed by atoms with Crippen LogP contribution in [0.5, 0.6) is 0 Å². The standard InChI is InChI=1S/C15H23N3O2/c1-12(18-8-4-3-5-9-18)11-17-14-10-13(6-7-16-14)15(19)20-2/h6-7,10,12H,3-5,8-9,11H2,1-2H3,(H,16,17). The van der Waals surface area contributed by atoms with E-state index in [0.29, 0.717) is 11.6 Å². The van der Waals surface area contributed by atoms with Crippen molar-refractivity contribution in [3.8, 4) is 0 Å². The van der Waals surface area contributed by atoms with Gasteiger partial charge in [0.05, 0.1) is 12.7 Å². The summed E-state index contributed by atoms with van der Waals surface area (Å²) in [6, 6.07) is 3.86. The first kappa shape index (κ1) is 14.8. The number of aromatic nitrogens is 1. The van der Waals surface area contributed by atoms with Crippen molar-refractivity contribution in [3.05, 3.63) is 23.9 Å². The van der Waals surface area contributed by atoms with Gasteiger partial charge < -0.3 is 10.1 Å². The van der Waals surface area contributed by atoms with Crippen molar-refractivity contribution in [2.24, 2.45) is 0 Å². The smallest absolute Gasteiger partial charge is 0.338 e. The first-order valence-corrected chi connectivity index (χ1v) is 7.23. The largest absolute Gasteiger partial charge is 0.465 e. The summed E-state index contributed by atoms with van der Waals surface area (Å²) >= 11 is 0. The highest BCUT2D eigenvalue weighted by atomic mass is 16.5. The van der Waals surface area contributed by atoms with E-state index in [9.17, 15) is 4.79 Å². The van der Waals surface area contributed by atoms with E-state index in [0.717, 1.165) is 12.4 Å². The number of hydrogen-bond acceptors (Lipinski definition) is 5. The molecule has 5 nitrogen and oxygen atoms in total. The second-order valence-electron chi connectivity index (χ2n) is 5.25. The molecule has 1 N–H and O–H groups in total. The molecule has 20 heavy (non-hydrogen) atoms. The molecule has 1 unspecified atom stereocenters. The summed E-state index contributed by atoms with van der Waals surface area (Å²) in [4.78, 5) is 18.2. The number of esters is 1. The number of rotatable bonds is 5. The number of ether oxygens (including phenoxy) is 1. The van der Waals surface area contributed by atoms with Crippen LogP contribution in [0, 0.1) is 0 Å². The summed E-state index contributed by atoms with van der Waals surface area (Å²) in [6.07, 6.45) is 5.56. The fourth-order valence-corrected chi connectivity index (χ4v) is 2.51. The number of nitrogens with zero attached hydrogens (tertiary/aromatic N) is 2. The Morgan fingerprint density at radius 3 is 2.90 bits per heavy atom. The van der Waals surface area contributed by atoms with Crippen molar-refractivity contribution in [1.29, 1.82) is 0 Å². The molecule has 0 bridgehead atoms. The summed E-state index contributed by atoms with van der Waals surface area (Å²) in [7, 11) is 1.38. The van der Waals surface area contributed by atoms with Crippen molar-refractivity contribution in [1.82, 2.24) is 9.88 Å². The lowest BCUT2D eigenvalue weighted by Crippen LogP contribution is -2.41. The first-order chi connectivity index (χ1) is 9.70. The van der Waals surface area contributed by atoms with Gasteiger partial charge in [-0.1, -0.05) is 6.42 Å². The third-order valence-corrected chi connectivity index (χ3v) is 3.77. The van der Waals surface area contributed by atoms with E-state index in [1.165, 1.54) is 39.5 Å². The molecule has 0 amide bonds. The Morgan fingerprint density at radius 2 is 2.20 bits per heavy atom. The van der Waals surface area contributed by atoms with E-state index >= 15 is 0 Å². The molecule has 1 fully saturated rings. The summed E-state index contributed by atoms with van der Waals surface area (Å²) in [5, 5.41) is 3.30. The highest BCUT2D eigenvalue weighted by Gasteiger charge is 2.16. The monoisotopic (exact) mass is 277 g/mol. The zero-order valence-electron chi connectivity index (χ0n) is 12.3. The number of carbonyl (C=O) groups is 1. The number of carbonyl (C=O) groups excluding carboxylic acids is 1. The lowest BCUT2D eigenvalue weighted by molar-refractivity contribution is 0.0600. The molecule has 0 spiro atoms. The normalized spacial score (nSPS) is 17.5. The van der Waals surface area contributed by atoms with Crippen LogP contribution in [0.25, 0.3) is 0 Å². The van der Waals surface area contributed by atoms with Crippen molar-refractivity contribution in [3.63, 3.8) is 0 Å². The average Bonchev–Trinajstić information content (AvgIpc) is 2.53. The molecule has 1 aromatic rings. The van der Waals surface area contributed by atoms with Gasteiger partial charge in [0.1, 0.15) is 5.82 Å². The predicted octanol–water partition coefficient (Wildman–Crippen LogP) is 2.15. The molecule has 110 valence electrons. The van der Waals surface area contributed by atoms with Gasteiger partial charge in [-0.2, -0.15) is 0 Å². The molecule has 0 radical (unpaired) electrons. The highest BCUT2D eigenvalue weighted by molar-refractivity contribution is 5.89. The molecule has 1 atom stereocenters. The number of pyridine rings is 1. The van der Waals surface area contributed by atoms with Crippen molar-refractivity contribution < 1.29 is 9.53 Å². The minimum Gasteiger partial charge on any atom is -0.465 e. The fraction of sp³-hybridized carbons (Fsp3) is 0.600.